The fourth-order valence-electron chi connectivity index (χ4n) is 3.57. The van der Waals surface area contributed by atoms with Gasteiger partial charge < -0.3 is 15.4 Å². The molecule has 2 heterocycles. The van der Waals surface area contributed by atoms with Crippen molar-refractivity contribution in [3.8, 4) is 11.3 Å². The van der Waals surface area contributed by atoms with Gasteiger partial charge in [-0.05, 0) is 45.0 Å². The molecule has 26 heavy (non-hydrogen) atoms. The lowest BCUT2D eigenvalue weighted by atomic mass is 9.79. The molecule has 5 nitrogen and oxygen atoms in total. The van der Waals surface area contributed by atoms with Crippen molar-refractivity contribution in [2.24, 2.45) is 5.41 Å². The van der Waals surface area contributed by atoms with Crippen LogP contribution in [0.5, 0.6) is 0 Å². The molecule has 0 bridgehead atoms. The second kappa shape index (κ2) is 8.43. The Kier molecular flexibility index (Phi) is 6.01. The fourth-order valence-corrected chi connectivity index (χ4v) is 3.57. The monoisotopic (exact) mass is 353 g/mol. The number of benzene rings is 1. The molecule has 1 amide bonds. The third-order valence-corrected chi connectivity index (χ3v) is 5.14. The van der Waals surface area contributed by atoms with Crippen molar-refractivity contribution in [2.75, 3.05) is 33.4 Å². The third-order valence-electron chi connectivity index (χ3n) is 5.14. The first-order valence-corrected chi connectivity index (χ1v) is 9.14. The van der Waals surface area contributed by atoms with Crippen molar-refractivity contribution in [3.05, 3.63) is 53.7 Å². The smallest absolute Gasteiger partial charge is 0.253 e. The van der Waals surface area contributed by atoms with Gasteiger partial charge in [0.05, 0.1) is 23.6 Å². The van der Waals surface area contributed by atoms with E-state index in [0.29, 0.717) is 18.7 Å². The molecule has 0 saturated carbocycles. The second-order valence-corrected chi connectivity index (χ2v) is 7.06. The van der Waals surface area contributed by atoms with Crippen molar-refractivity contribution in [1.82, 2.24) is 15.6 Å². The molecule has 5 heteroatoms. The highest BCUT2D eigenvalue weighted by Crippen LogP contribution is 2.28. The molecule has 138 valence electrons. The molecule has 2 aromatic rings. The molecule has 0 atom stereocenters. The molecular formula is C21H27N3O2. The van der Waals surface area contributed by atoms with E-state index in [1.807, 2.05) is 49.4 Å². The predicted octanol–water partition coefficient (Wildman–Crippen LogP) is 2.80. The van der Waals surface area contributed by atoms with Gasteiger partial charge in [0, 0.05) is 24.6 Å². The van der Waals surface area contributed by atoms with Crippen molar-refractivity contribution in [3.63, 3.8) is 0 Å². The molecule has 1 aliphatic rings. The van der Waals surface area contributed by atoms with Gasteiger partial charge in [0.25, 0.3) is 5.91 Å². The summed E-state index contributed by atoms with van der Waals surface area (Å²) < 4.78 is 5.42. The van der Waals surface area contributed by atoms with E-state index in [0.717, 1.165) is 42.9 Å². The fraction of sp³-hybridized carbons (Fsp3) is 0.429. The summed E-state index contributed by atoms with van der Waals surface area (Å²) in [5, 5.41) is 6.48. The quantitative estimate of drug-likeness (QED) is 0.838. The SMILES string of the molecule is COCC1(CNC(=O)c2ccc(-c3ccccc3)nc2C)CCNCC1. The highest BCUT2D eigenvalue weighted by Gasteiger charge is 2.32. The summed E-state index contributed by atoms with van der Waals surface area (Å²) in [6.07, 6.45) is 2.01. The first-order chi connectivity index (χ1) is 12.6. The predicted molar refractivity (Wildman–Crippen MR) is 103 cm³/mol. The molecule has 2 N–H and O–H groups in total. The summed E-state index contributed by atoms with van der Waals surface area (Å²) in [4.78, 5) is 17.3. The molecule has 0 spiro atoms. The standard InChI is InChI=1S/C21H27N3O2/c1-16-18(8-9-19(24-16)17-6-4-3-5-7-17)20(25)23-14-21(15-26-2)10-12-22-13-11-21/h3-9,22H,10-15H2,1-2H3,(H,23,25). The number of aromatic nitrogens is 1. The van der Waals surface area contributed by atoms with Crippen LogP contribution in [0.4, 0.5) is 0 Å². The second-order valence-electron chi connectivity index (χ2n) is 7.06. The number of aryl methyl sites for hydroxylation is 1. The van der Waals surface area contributed by atoms with Crippen LogP contribution < -0.4 is 10.6 Å². The Labute approximate surface area is 155 Å². The maximum Gasteiger partial charge on any atom is 0.253 e. The lowest BCUT2D eigenvalue weighted by Gasteiger charge is -2.37. The third kappa shape index (κ3) is 4.29. The summed E-state index contributed by atoms with van der Waals surface area (Å²) in [5.74, 6) is -0.0661. The van der Waals surface area contributed by atoms with Gasteiger partial charge >= 0.3 is 0 Å². The zero-order valence-electron chi connectivity index (χ0n) is 15.5. The van der Waals surface area contributed by atoms with E-state index in [2.05, 4.69) is 15.6 Å². The number of hydrogen-bond donors (Lipinski definition) is 2. The largest absolute Gasteiger partial charge is 0.384 e. The Balaban J connectivity index is 1.69. The minimum atomic E-state index is -0.0661. The van der Waals surface area contributed by atoms with Gasteiger partial charge in [-0.3, -0.25) is 9.78 Å². The molecule has 0 unspecified atom stereocenters. The van der Waals surface area contributed by atoms with Gasteiger partial charge in [-0.1, -0.05) is 30.3 Å². The van der Waals surface area contributed by atoms with Gasteiger partial charge in [0.15, 0.2) is 0 Å². The molecule has 1 saturated heterocycles. The first kappa shape index (κ1) is 18.5. The number of carbonyl (C=O) groups is 1. The molecule has 0 radical (unpaired) electrons. The van der Waals surface area contributed by atoms with E-state index in [1.165, 1.54) is 0 Å². The highest BCUT2D eigenvalue weighted by molar-refractivity contribution is 5.95. The van der Waals surface area contributed by atoms with Gasteiger partial charge in [-0.15, -0.1) is 0 Å². The number of carbonyl (C=O) groups excluding carboxylic acids is 1. The van der Waals surface area contributed by atoms with Crippen LogP contribution in [-0.4, -0.2) is 44.2 Å². The topological polar surface area (TPSA) is 63.2 Å². The molecular weight excluding hydrogens is 326 g/mol. The van der Waals surface area contributed by atoms with Gasteiger partial charge in [0.2, 0.25) is 0 Å². The lowest BCUT2D eigenvalue weighted by Crippen LogP contribution is -2.47. The molecule has 0 aliphatic carbocycles. The van der Waals surface area contributed by atoms with Gasteiger partial charge in [-0.2, -0.15) is 0 Å². The number of piperidine rings is 1. The Morgan fingerprint density at radius 2 is 1.92 bits per heavy atom. The van der Waals surface area contributed by atoms with Crippen molar-refractivity contribution >= 4 is 5.91 Å². The number of ether oxygens (including phenoxy) is 1. The summed E-state index contributed by atoms with van der Waals surface area (Å²) in [7, 11) is 1.72. The number of nitrogens with zero attached hydrogens (tertiary/aromatic N) is 1. The zero-order chi connectivity index (χ0) is 18.4. The van der Waals surface area contributed by atoms with Crippen LogP contribution in [0, 0.1) is 12.3 Å². The van der Waals surface area contributed by atoms with Crippen LogP contribution in [0.1, 0.15) is 28.9 Å². The molecule has 1 aromatic heterocycles. The van der Waals surface area contributed by atoms with E-state index in [-0.39, 0.29) is 11.3 Å². The van der Waals surface area contributed by atoms with E-state index < -0.39 is 0 Å². The molecule has 1 fully saturated rings. The number of methoxy groups -OCH3 is 1. The highest BCUT2D eigenvalue weighted by atomic mass is 16.5. The van der Waals surface area contributed by atoms with Gasteiger partial charge in [-0.25, -0.2) is 0 Å². The minimum Gasteiger partial charge on any atom is -0.384 e. The summed E-state index contributed by atoms with van der Waals surface area (Å²) in [6.45, 7) is 5.11. The molecule has 1 aromatic carbocycles. The van der Waals surface area contributed by atoms with E-state index in [4.69, 9.17) is 4.74 Å². The minimum absolute atomic E-state index is 0.0149. The Morgan fingerprint density at radius 1 is 1.19 bits per heavy atom. The van der Waals surface area contributed by atoms with Gasteiger partial charge in [0.1, 0.15) is 0 Å². The Bertz CT molecular complexity index is 735. The number of rotatable bonds is 6. The summed E-state index contributed by atoms with van der Waals surface area (Å²) in [6, 6.07) is 13.8. The van der Waals surface area contributed by atoms with Crippen LogP contribution >= 0.6 is 0 Å². The average molecular weight is 353 g/mol. The maximum absolute atomic E-state index is 12.7. The van der Waals surface area contributed by atoms with Crippen LogP contribution in [0.3, 0.4) is 0 Å². The summed E-state index contributed by atoms with van der Waals surface area (Å²) >= 11 is 0. The Morgan fingerprint density at radius 3 is 2.58 bits per heavy atom. The van der Waals surface area contributed by atoms with E-state index in [9.17, 15) is 4.79 Å². The van der Waals surface area contributed by atoms with Crippen molar-refractivity contribution < 1.29 is 9.53 Å². The van der Waals surface area contributed by atoms with E-state index >= 15 is 0 Å². The van der Waals surface area contributed by atoms with Crippen molar-refractivity contribution in [1.29, 1.82) is 0 Å². The number of hydrogen-bond acceptors (Lipinski definition) is 4. The van der Waals surface area contributed by atoms with Crippen LogP contribution in [-0.2, 0) is 4.74 Å². The van der Waals surface area contributed by atoms with Crippen LogP contribution in [0.2, 0.25) is 0 Å². The van der Waals surface area contributed by atoms with Crippen molar-refractivity contribution in [2.45, 2.75) is 19.8 Å². The molecule has 1 aliphatic heterocycles. The molecule has 3 rings (SSSR count). The number of amides is 1. The van der Waals surface area contributed by atoms with Crippen LogP contribution in [0.25, 0.3) is 11.3 Å². The average Bonchev–Trinajstić information content (AvgIpc) is 2.68. The maximum atomic E-state index is 12.7. The lowest BCUT2D eigenvalue weighted by molar-refractivity contribution is 0.0511. The normalized spacial score (nSPS) is 16.2. The number of pyridine rings is 1. The first-order valence-electron chi connectivity index (χ1n) is 9.14. The number of nitrogens with one attached hydrogen (secondary N) is 2. The Hall–Kier alpha value is -2.24. The van der Waals surface area contributed by atoms with E-state index in [1.54, 1.807) is 7.11 Å². The summed E-state index contributed by atoms with van der Waals surface area (Å²) in [5.41, 5.74) is 3.33. The van der Waals surface area contributed by atoms with Crippen LogP contribution in [0.15, 0.2) is 42.5 Å². The zero-order valence-corrected chi connectivity index (χ0v) is 15.5.